The van der Waals surface area contributed by atoms with Crippen molar-refractivity contribution in [1.82, 2.24) is 0 Å². The lowest BCUT2D eigenvalue weighted by Crippen LogP contribution is -2.32. The summed E-state index contributed by atoms with van der Waals surface area (Å²) in [6.45, 7) is 5.73. The summed E-state index contributed by atoms with van der Waals surface area (Å²) in [5.74, 6) is -1.11. The predicted octanol–water partition coefficient (Wildman–Crippen LogP) is 2.70. The SMILES string of the molecule is CC1OC(C)C(C(=O)Nc2cccc(F)c2C#N)C1C. The van der Waals surface area contributed by atoms with E-state index in [1.165, 1.54) is 18.2 Å². The first-order valence-electron chi connectivity index (χ1n) is 6.60. The molecule has 0 spiro atoms. The zero-order valence-electron chi connectivity index (χ0n) is 11.7. The van der Waals surface area contributed by atoms with Gasteiger partial charge >= 0.3 is 0 Å². The molecule has 0 radical (unpaired) electrons. The summed E-state index contributed by atoms with van der Waals surface area (Å²) in [5.41, 5.74) is 0.0598. The van der Waals surface area contributed by atoms with Gasteiger partial charge in [-0.3, -0.25) is 4.79 Å². The van der Waals surface area contributed by atoms with Crippen LogP contribution >= 0.6 is 0 Å². The summed E-state index contributed by atoms with van der Waals surface area (Å²) in [7, 11) is 0. The number of carbonyl (C=O) groups is 1. The number of ether oxygens (including phenoxy) is 1. The summed E-state index contributed by atoms with van der Waals surface area (Å²) in [5, 5.41) is 11.6. The fourth-order valence-corrected chi connectivity index (χ4v) is 2.68. The molecule has 0 aliphatic carbocycles. The number of hydrogen-bond donors (Lipinski definition) is 1. The topological polar surface area (TPSA) is 62.1 Å². The van der Waals surface area contributed by atoms with Crippen molar-refractivity contribution in [2.24, 2.45) is 11.8 Å². The Labute approximate surface area is 117 Å². The molecule has 106 valence electrons. The number of amides is 1. The van der Waals surface area contributed by atoms with E-state index in [2.05, 4.69) is 5.32 Å². The molecule has 1 aliphatic heterocycles. The van der Waals surface area contributed by atoms with Crippen LogP contribution in [0.15, 0.2) is 18.2 Å². The minimum Gasteiger partial charge on any atom is -0.374 e. The summed E-state index contributed by atoms with van der Waals surface area (Å²) in [6.07, 6.45) is -0.192. The van der Waals surface area contributed by atoms with E-state index in [1.807, 2.05) is 20.8 Å². The number of hydrogen-bond acceptors (Lipinski definition) is 3. The molecule has 1 amide bonds. The molecule has 1 fully saturated rings. The molecule has 4 atom stereocenters. The Morgan fingerprint density at radius 2 is 2.05 bits per heavy atom. The van der Waals surface area contributed by atoms with E-state index in [4.69, 9.17) is 10.00 Å². The van der Waals surface area contributed by atoms with Crippen molar-refractivity contribution in [3.63, 3.8) is 0 Å². The molecule has 1 aromatic rings. The van der Waals surface area contributed by atoms with Gasteiger partial charge in [0.15, 0.2) is 0 Å². The molecule has 4 nitrogen and oxygen atoms in total. The Balaban J connectivity index is 2.21. The highest BCUT2D eigenvalue weighted by atomic mass is 19.1. The fourth-order valence-electron chi connectivity index (χ4n) is 2.68. The van der Waals surface area contributed by atoms with Gasteiger partial charge in [0.1, 0.15) is 17.4 Å². The molecule has 1 heterocycles. The van der Waals surface area contributed by atoms with Crippen molar-refractivity contribution in [2.75, 3.05) is 5.32 Å². The largest absolute Gasteiger partial charge is 0.374 e. The van der Waals surface area contributed by atoms with Gasteiger partial charge in [0.25, 0.3) is 0 Å². The molecule has 2 rings (SSSR count). The molecule has 4 unspecified atom stereocenters. The van der Waals surface area contributed by atoms with E-state index in [1.54, 1.807) is 6.07 Å². The van der Waals surface area contributed by atoms with Crippen LogP contribution in [0.3, 0.4) is 0 Å². The number of carbonyl (C=O) groups excluding carboxylic acids is 1. The highest BCUT2D eigenvalue weighted by molar-refractivity contribution is 5.94. The summed E-state index contributed by atoms with van der Waals surface area (Å²) in [4.78, 5) is 12.3. The van der Waals surface area contributed by atoms with Crippen LogP contribution in [0.5, 0.6) is 0 Å². The third-order valence-corrected chi connectivity index (χ3v) is 3.93. The maximum Gasteiger partial charge on any atom is 0.230 e. The van der Waals surface area contributed by atoms with Crippen molar-refractivity contribution in [2.45, 2.75) is 33.0 Å². The van der Waals surface area contributed by atoms with Crippen LogP contribution in [-0.4, -0.2) is 18.1 Å². The third-order valence-electron chi connectivity index (χ3n) is 3.93. The van der Waals surface area contributed by atoms with Gasteiger partial charge in [0.05, 0.1) is 23.8 Å². The molecular formula is C15H17FN2O2. The Kier molecular flexibility index (Phi) is 4.05. The van der Waals surface area contributed by atoms with E-state index in [-0.39, 0.29) is 41.2 Å². The van der Waals surface area contributed by atoms with Gasteiger partial charge in [-0.05, 0) is 31.9 Å². The molecule has 1 saturated heterocycles. The summed E-state index contributed by atoms with van der Waals surface area (Å²) < 4.78 is 19.1. The lowest BCUT2D eigenvalue weighted by atomic mass is 9.88. The van der Waals surface area contributed by atoms with Crippen LogP contribution < -0.4 is 5.32 Å². The Bertz CT molecular complexity index is 567. The van der Waals surface area contributed by atoms with Gasteiger partial charge in [-0.15, -0.1) is 0 Å². The second-order valence-electron chi connectivity index (χ2n) is 5.19. The third kappa shape index (κ3) is 2.52. The number of nitrogens with zero attached hydrogens (tertiary/aromatic N) is 1. The van der Waals surface area contributed by atoms with E-state index >= 15 is 0 Å². The van der Waals surface area contributed by atoms with E-state index in [0.29, 0.717) is 0 Å². The maximum atomic E-state index is 13.5. The Morgan fingerprint density at radius 1 is 1.35 bits per heavy atom. The molecule has 5 heteroatoms. The average Bonchev–Trinajstić information content (AvgIpc) is 2.63. The van der Waals surface area contributed by atoms with Crippen molar-refractivity contribution < 1.29 is 13.9 Å². The average molecular weight is 276 g/mol. The van der Waals surface area contributed by atoms with Crippen molar-refractivity contribution in [3.05, 3.63) is 29.6 Å². The number of halogens is 1. The highest BCUT2D eigenvalue weighted by Crippen LogP contribution is 2.33. The molecule has 1 N–H and O–H groups in total. The van der Waals surface area contributed by atoms with Gasteiger partial charge in [0, 0.05) is 0 Å². The lowest BCUT2D eigenvalue weighted by Gasteiger charge is -2.18. The van der Waals surface area contributed by atoms with Crippen LogP contribution in [0.25, 0.3) is 0 Å². The van der Waals surface area contributed by atoms with Crippen LogP contribution in [-0.2, 0) is 9.53 Å². The Hall–Kier alpha value is -1.93. The maximum absolute atomic E-state index is 13.5. The smallest absolute Gasteiger partial charge is 0.230 e. The molecule has 20 heavy (non-hydrogen) atoms. The predicted molar refractivity (Wildman–Crippen MR) is 72.4 cm³/mol. The van der Waals surface area contributed by atoms with Gasteiger partial charge in [0.2, 0.25) is 5.91 Å². The zero-order chi connectivity index (χ0) is 14.9. The van der Waals surface area contributed by atoms with Crippen molar-refractivity contribution >= 4 is 11.6 Å². The number of nitrogens with one attached hydrogen (secondary N) is 1. The molecule has 0 aromatic heterocycles. The summed E-state index contributed by atoms with van der Waals surface area (Å²) in [6, 6.07) is 5.95. The zero-order valence-corrected chi connectivity index (χ0v) is 11.7. The first-order chi connectivity index (χ1) is 9.45. The first-order valence-corrected chi connectivity index (χ1v) is 6.60. The van der Waals surface area contributed by atoms with E-state index in [9.17, 15) is 9.18 Å². The fraction of sp³-hybridized carbons (Fsp3) is 0.467. The van der Waals surface area contributed by atoms with Crippen LogP contribution in [0, 0.1) is 29.0 Å². The summed E-state index contributed by atoms with van der Waals surface area (Å²) >= 11 is 0. The first kappa shape index (κ1) is 14.5. The number of nitriles is 1. The quantitative estimate of drug-likeness (QED) is 0.903. The molecular weight excluding hydrogens is 259 g/mol. The number of benzene rings is 1. The number of rotatable bonds is 2. The van der Waals surface area contributed by atoms with Gasteiger partial charge in [-0.25, -0.2) is 4.39 Å². The molecule has 0 saturated carbocycles. The highest BCUT2D eigenvalue weighted by Gasteiger charge is 2.41. The molecule has 1 aromatic carbocycles. The standard InChI is InChI=1S/C15H17FN2O2/c1-8-9(2)20-10(3)14(8)15(19)18-13-6-4-5-12(16)11(13)7-17/h4-6,8-10,14H,1-3H3,(H,18,19). The second kappa shape index (κ2) is 5.59. The minimum atomic E-state index is -0.637. The normalized spacial score (nSPS) is 28.9. The van der Waals surface area contributed by atoms with Crippen molar-refractivity contribution in [1.29, 1.82) is 5.26 Å². The van der Waals surface area contributed by atoms with E-state index in [0.717, 1.165) is 0 Å². The van der Waals surface area contributed by atoms with Crippen LogP contribution in [0.2, 0.25) is 0 Å². The molecule has 0 bridgehead atoms. The van der Waals surface area contributed by atoms with Crippen LogP contribution in [0.1, 0.15) is 26.3 Å². The van der Waals surface area contributed by atoms with Gasteiger partial charge < -0.3 is 10.1 Å². The monoisotopic (exact) mass is 276 g/mol. The van der Waals surface area contributed by atoms with E-state index < -0.39 is 5.82 Å². The Morgan fingerprint density at radius 3 is 2.60 bits per heavy atom. The number of anilines is 1. The van der Waals surface area contributed by atoms with Gasteiger partial charge in [-0.1, -0.05) is 13.0 Å². The van der Waals surface area contributed by atoms with Gasteiger partial charge in [-0.2, -0.15) is 5.26 Å². The van der Waals surface area contributed by atoms with Crippen molar-refractivity contribution in [3.8, 4) is 6.07 Å². The lowest BCUT2D eigenvalue weighted by molar-refractivity contribution is -0.121. The molecule has 1 aliphatic rings. The van der Waals surface area contributed by atoms with Crippen LogP contribution in [0.4, 0.5) is 10.1 Å². The minimum absolute atomic E-state index is 0.00342. The second-order valence-corrected chi connectivity index (χ2v) is 5.19.